The molecule has 2 aliphatic heterocycles. The Morgan fingerprint density at radius 3 is 1.58 bits per heavy atom. The van der Waals surface area contributed by atoms with Crippen LogP contribution in [0.2, 0.25) is 15.1 Å². The third kappa shape index (κ3) is 8.13. The Hall–Kier alpha value is -4.17. The van der Waals surface area contributed by atoms with Gasteiger partial charge in [-0.25, -0.2) is 19.3 Å². The first-order chi connectivity index (χ1) is 27.2. The third-order valence-electron chi connectivity index (χ3n) is 9.10. The van der Waals surface area contributed by atoms with Crippen LogP contribution in [-0.4, -0.2) is 42.3 Å². The Bertz CT molecular complexity index is 2430. The summed E-state index contributed by atoms with van der Waals surface area (Å²) in [6.07, 6.45) is -9.28. The molecule has 2 aromatic heterocycles. The molecule has 0 amide bonds. The largest absolute Gasteiger partial charge is 0.573 e. The highest BCUT2D eigenvalue weighted by molar-refractivity contribution is 8.76. The van der Waals surface area contributed by atoms with Crippen LogP contribution in [0.15, 0.2) is 114 Å². The van der Waals surface area contributed by atoms with Gasteiger partial charge in [0.2, 0.25) is 0 Å². The number of halogens is 9. The molecule has 0 bridgehead atoms. The van der Waals surface area contributed by atoms with Crippen LogP contribution in [-0.2, 0) is 33.8 Å². The molecule has 4 atom stereocenters. The number of benzene rings is 4. The van der Waals surface area contributed by atoms with Crippen molar-refractivity contribution in [3.05, 3.63) is 141 Å². The minimum Gasteiger partial charge on any atom is -0.404 e. The van der Waals surface area contributed by atoms with E-state index < -0.39 is 47.6 Å². The maximum Gasteiger partial charge on any atom is 0.573 e. The second-order valence-corrected chi connectivity index (χ2v) is 15.9. The summed E-state index contributed by atoms with van der Waals surface area (Å²) in [6.45, 7) is -0.00804. The number of aromatic nitrogens is 6. The molecule has 10 nitrogen and oxygen atoms in total. The molecule has 0 spiro atoms. The zero-order chi connectivity index (χ0) is 40.2. The van der Waals surface area contributed by atoms with E-state index in [0.29, 0.717) is 26.5 Å². The summed E-state index contributed by atoms with van der Waals surface area (Å²) in [4.78, 5) is 8.79. The minimum absolute atomic E-state index is 0.0301. The van der Waals surface area contributed by atoms with Gasteiger partial charge < -0.3 is 18.9 Å². The van der Waals surface area contributed by atoms with Crippen LogP contribution >= 0.6 is 56.4 Å². The Kier molecular flexibility index (Phi) is 10.6. The molecule has 4 heterocycles. The zero-order valence-electron chi connectivity index (χ0n) is 28.4. The van der Waals surface area contributed by atoms with E-state index in [1.54, 1.807) is 59.3 Å². The first-order valence-electron chi connectivity index (χ1n) is 16.5. The summed E-state index contributed by atoms with van der Waals surface area (Å²) in [5.74, 6) is -1.16. The minimum atomic E-state index is -5.03. The van der Waals surface area contributed by atoms with Gasteiger partial charge in [0.25, 0.3) is 0 Å². The predicted molar refractivity (Wildman–Crippen MR) is 197 cm³/mol. The Morgan fingerprint density at radius 2 is 1.05 bits per heavy atom. The van der Waals surface area contributed by atoms with Gasteiger partial charge >= 0.3 is 12.7 Å². The molecular formula is C36H23Cl3F6N6O4S2. The fraction of sp³-hybridized carbons (Fsp3) is 0.222. The van der Waals surface area contributed by atoms with E-state index in [2.05, 4.69) is 29.6 Å². The topological polar surface area (TPSA) is 105 Å². The Balaban J connectivity index is 1.06. The number of nitrogens with zero attached hydrogens (tertiary/aromatic N) is 6. The average Bonchev–Trinajstić information content (AvgIpc) is 3.93. The van der Waals surface area contributed by atoms with Crippen molar-refractivity contribution >= 4 is 56.4 Å². The quantitative estimate of drug-likeness (QED) is 0.0632. The molecule has 57 heavy (non-hydrogen) atoms. The fourth-order valence-electron chi connectivity index (χ4n) is 6.63. The number of ether oxygens (including phenoxy) is 4. The molecule has 2 aliphatic rings. The van der Waals surface area contributed by atoms with Crippen molar-refractivity contribution in [2.45, 2.75) is 59.5 Å². The molecule has 0 saturated carbocycles. The molecule has 0 aliphatic carbocycles. The Morgan fingerprint density at radius 1 is 0.596 bits per heavy atom. The van der Waals surface area contributed by atoms with Gasteiger partial charge in [0, 0.05) is 21.7 Å². The highest BCUT2D eigenvalue weighted by Crippen LogP contribution is 2.63. The lowest BCUT2D eigenvalue weighted by Gasteiger charge is -2.18. The van der Waals surface area contributed by atoms with Gasteiger partial charge in [0.1, 0.15) is 36.1 Å². The van der Waals surface area contributed by atoms with Crippen molar-refractivity contribution in [1.82, 2.24) is 29.5 Å². The van der Waals surface area contributed by atoms with E-state index in [9.17, 15) is 26.3 Å². The molecular weight excluding hydrogens is 865 g/mol. The summed E-state index contributed by atoms with van der Waals surface area (Å²) in [6, 6.07) is 24.2. The molecule has 2 fully saturated rings. The lowest BCUT2D eigenvalue weighted by molar-refractivity contribution is -0.275. The number of hydrogen-bond donors (Lipinski definition) is 0. The van der Waals surface area contributed by atoms with Crippen molar-refractivity contribution in [1.29, 1.82) is 0 Å². The second kappa shape index (κ2) is 15.2. The van der Waals surface area contributed by atoms with Crippen LogP contribution < -0.4 is 9.47 Å². The summed E-state index contributed by atoms with van der Waals surface area (Å²) in [7, 11) is 2.31. The first-order valence-corrected chi connectivity index (χ1v) is 19.8. The molecule has 0 N–H and O–H groups in total. The summed E-state index contributed by atoms with van der Waals surface area (Å²) >= 11 is 19.0. The number of para-hydroxylation sites is 2. The van der Waals surface area contributed by atoms with E-state index in [1.165, 1.54) is 53.7 Å². The van der Waals surface area contributed by atoms with Gasteiger partial charge in [-0.3, -0.25) is 0 Å². The van der Waals surface area contributed by atoms with Gasteiger partial charge in [-0.2, -0.15) is 10.2 Å². The molecule has 8 rings (SSSR count). The van der Waals surface area contributed by atoms with Crippen LogP contribution in [0.1, 0.15) is 34.5 Å². The van der Waals surface area contributed by atoms with Gasteiger partial charge in [-0.05, 0) is 45.4 Å². The molecule has 6 aromatic rings. The number of epoxide rings is 2. The monoisotopic (exact) mass is 886 g/mol. The van der Waals surface area contributed by atoms with Gasteiger partial charge in [0.05, 0.1) is 23.1 Å². The standard InChI is InChI=1S/C36H23Cl3F6N6O4S2/c37-24-13-5-4-12-23(24)34(30(55-34)22-11-7-15-26(39)28(22)53-36(43,44)45)17-51-32(47-19-49-51)57-56-31-46-18-48-50(31)16-33(20-8-2-1-3-9-20)29(54-33)21-10-6-14-25(38)27(21)52-35(40,41)42/h1-15,18-19,29-30H,16-17H2. The van der Waals surface area contributed by atoms with E-state index in [1.807, 2.05) is 0 Å². The highest BCUT2D eigenvalue weighted by Gasteiger charge is 2.62. The Labute approximate surface area is 341 Å². The number of hydrogen-bond acceptors (Lipinski definition) is 10. The van der Waals surface area contributed by atoms with Crippen molar-refractivity contribution in [3.8, 4) is 11.5 Å². The van der Waals surface area contributed by atoms with Crippen LogP contribution in [0.5, 0.6) is 11.5 Å². The van der Waals surface area contributed by atoms with Crippen molar-refractivity contribution < 1.29 is 45.3 Å². The highest BCUT2D eigenvalue weighted by atomic mass is 35.5. The molecule has 296 valence electrons. The molecule has 4 aromatic carbocycles. The van der Waals surface area contributed by atoms with Crippen LogP contribution in [0.25, 0.3) is 0 Å². The molecule has 0 radical (unpaired) electrons. The molecule has 4 unspecified atom stereocenters. The maximum atomic E-state index is 13.5. The smallest absolute Gasteiger partial charge is 0.404 e. The summed E-state index contributed by atoms with van der Waals surface area (Å²) < 4.78 is 105. The summed E-state index contributed by atoms with van der Waals surface area (Å²) in [5, 5.41) is 9.33. The van der Waals surface area contributed by atoms with Crippen LogP contribution in [0, 0.1) is 0 Å². The van der Waals surface area contributed by atoms with Crippen molar-refractivity contribution in [3.63, 3.8) is 0 Å². The molecule has 21 heteroatoms. The maximum absolute atomic E-state index is 13.5. The average molecular weight is 888 g/mol. The van der Waals surface area contributed by atoms with E-state index in [4.69, 9.17) is 44.3 Å². The van der Waals surface area contributed by atoms with Gasteiger partial charge in [-0.15, -0.1) is 26.3 Å². The van der Waals surface area contributed by atoms with Crippen LogP contribution in [0.4, 0.5) is 26.3 Å². The van der Waals surface area contributed by atoms with E-state index >= 15 is 0 Å². The van der Waals surface area contributed by atoms with Crippen molar-refractivity contribution in [2.75, 3.05) is 0 Å². The van der Waals surface area contributed by atoms with Crippen LogP contribution in [0.3, 0.4) is 0 Å². The molecule has 2 saturated heterocycles. The second-order valence-electron chi connectivity index (χ2n) is 12.6. The lowest BCUT2D eigenvalue weighted by Crippen LogP contribution is -2.22. The predicted octanol–water partition coefficient (Wildman–Crippen LogP) is 10.8. The fourth-order valence-corrected chi connectivity index (χ4v) is 9.31. The zero-order valence-corrected chi connectivity index (χ0v) is 32.3. The van der Waals surface area contributed by atoms with E-state index in [-0.39, 0.29) is 34.3 Å². The number of alkyl halides is 6. The van der Waals surface area contributed by atoms with E-state index in [0.717, 1.165) is 21.6 Å². The normalized spacial score (nSPS) is 21.7. The third-order valence-corrected chi connectivity index (χ3v) is 12.2. The number of rotatable bonds is 13. The van der Waals surface area contributed by atoms with Gasteiger partial charge in [-0.1, -0.05) is 108 Å². The first kappa shape index (κ1) is 39.6. The lowest BCUT2D eigenvalue weighted by atomic mass is 9.91. The summed E-state index contributed by atoms with van der Waals surface area (Å²) in [5.41, 5.74) is -1.18. The SMILES string of the molecule is FC(F)(F)Oc1c(Cl)cccc1C1OC1(Cn1ncnc1SSc1ncnn1CC1(c2ccccc2Cl)OC1c1cccc(Cl)c1OC(F)(F)F)c1ccccc1. The van der Waals surface area contributed by atoms with Gasteiger partial charge in [0.15, 0.2) is 21.8 Å². The van der Waals surface area contributed by atoms with Crippen molar-refractivity contribution in [2.24, 2.45) is 0 Å².